The summed E-state index contributed by atoms with van der Waals surface area (Å²) in [6, 6.07) is 9.73. The van der Waals surface area contributed by atoms with Gasteiger partial charge in [-0.05, 0) is 29.1 Å². The van der Waals surface area contributed by atoms with E-state index in [9.17, 15) is 23.5 Å². The number of carbonyl (C=O) groups excluding carboxylic acids is 1. The molecule has 26 heavy (non-hydrogen) atoms. The van der Waals surface area contributed by atoms with Crippen molar-refractivity contribution in [1.29, 1.82) is 0 Å². The Hall–Kier alpha value is -3.06. The summed E-state index contributed by atoms with van der Waals surface area (Å²) in [5.74, 6) is -3.09. The molecule has 5 nitrogen and oxygen atoms in total. The lowest BCUT2D eigenvalue weighted by Crippen LogP contribution is -2.27. The van der Waals surface area contributed by atoms with Crippen molar-refractivity contribution >= 4 is 16.7 Å². The van der Waals surface area contributed by atoms with Crippen molar-refractivity contribution in [3.63, 3.8) is 0 Å². The first-order valence-electron chi connectivity index (χ1n) is 7.69. The summed E-state index contributed by atoms with van der Waals surface area (Å²) in [6.45, 7) is 0. The van der Waals surface area contributed by atoms with Gasteiger partial charge in [0.1, 0.15) is 0 Å². The standard InChI is InChI=1S/C19H15F2NO4/c1-22-16(17(23)19(25)26-2)15(10-7-8-13(20)14(21)9-10)11-5-3-4-6-12(11)18(22)24/h3-9,17,23H,1-2H3. The molecule has 1 atom stereocenters. The Balaban J connectivity index is 2.48. The maximum absolute atomic E-state index is 13.8. The highest BCUT2D eigenvalue weighted by molar-refractivity contribution is 5.98. The second-order valence-corrected chi connectivity index (χ2v) is 5.72. The van der Waals surface area contributed by atoms with Crippen LogP contribution in [-0.4, -0.2) is 22.8 Å². The fourth-order valence-electron chi connectivity index (χ4n) is 2.98. The highest BCUT2D eigenvalue weighted by Gasteiger charge is 2.27. The average molecular weight is 359 g/mol. The SMILES string of the molecule is COC(=O)C(O)c1c(-c2ccc(F)c(F)c2)c2ccccc2c(=O)n1C. The summed E-state index contributed by atoms with van der Waals surface area (Å²) in [6.07, 6.45) is -1.77. The largest absolute Gasteiger partial charge is 0.467 e. The zero-order chi connectivity index (χ0) is 19.0. The topological polar surface area (TPSA) is 68.5 Å². The highest BCUT2D eigenvalue weighted by Crippen LogP contribution is 2.34. The molecule has 3 rings (SSSR count). The van der Waals surface area contributed by atoms with E-state index in [2.05, 4.69) is 4.74 Å². The van der Waals surface area contributed by atoms with Gasteiger partial charge in [-0.3, -0.25) is 4.79 Å². The summed E-state index contributed by atoms with van der Waals surface area (Å²) in [7, 11) is 2.49. The Morgan fingerprint density at radius 1 is 1.12 bits per heavy atom. The first-order chi connectivity index (χ1) is 12.4. The number of aromatic nitrogens is 1. The summed E-state index contributed by atoms with van der Waals surface area (Å²) in [4.78, 5) is 24.5. The van der Waals surface area contributed by atoms with Crippen molar-refractivity contribution in [2.75, 3.05) is 7.11 Å². The third-order valence-corrected chi connectivity index (χ3v) is 4.24. The Kier molecular flexibility index (Phi) is 4.56. The van der Waals surface area contributed by atoms with Gasteiger partial charge in [-0.2, -0.15) is 0 Å². The van der Waals surface area contributed by atoms with Crippen molar-refractivity contribution in [1.82, 2.24) is 4.57 Å². The Morgan fingerprint density at radius 3 is 2.38 bits per heavy atom. The lowest BCUT2D eigenvalue weighted by molar-refractivity contribution is -0.151. The van der Waals surface area contributed by atoms with Crippen LogP contribution in [0.5, 0.6) is 0 Å². The van der Waals surface area contributed by atoms with Gasteiger partial charge in [0, 0.05) is 18.0 Å². The number of aliphatic hydroxyl groups excluding tert-OH is 1. The smallest absolute Gasteiger partial charge is 0.340 e. The summed E-state index contributed by atoms with van der Waals surface area (Å²) in [5, 5.41) is 11.1. The van der Waals surface area contributed by atoms with Crippen LogP contribution >= 0.6 is 0 Å². The first-order valence-corrected chi connectivity index (χ1v) is 7.69. The van der Waals surface area contributed by atoms with Crippen molar-refractivity contribution < 1.29 is 23.4 Å². The van der Waals surface area contributed by atoms with Crippen LogP contribution in [0.25, 0.3) is 21.9 Å². The average Bonchev–Trinajstić information content (AvgIpc) is 2.65. The molecule has 0 amide bonds. The molecule has 0 bridgehead atoms. The zero-order valence-corrected chi connectivity index (χ0v) is 14.0. The van der Waals surface area contributed by atoms with E-state index in [4.69, 9.17) is 0 Å². The molecule has 1 unspecified atom stereocenters. The van der Waals surface area contributed by atoms with Gasteiger partial charge in [0.25, 0.3) is 5.56 Å². The summed E-state index contributed by atoms with van der Waals surface area (Å²) in [5.41, 5.74) is -0.0374. The number of aliphatic hydroxyl groups is 1. The number of halogens is 2. The molecule has 0 aliphatic heterocycles. The van der Waals surface area contributed by atoms with Crippen LogP contribution in [0.3, 0.4) is 0 Å². The van der Waals surface area contributed by atoms with Crippen LogP contribution in [0.2, 0.25) is 0 Å². The normalized spacial score (nSPS) is 12.2. The molecule has 0 fully saturated rings. The second kappa shape index (κ2) is 6.68. The lowest BCUT2D eigenvalue weighted by atomic mass is 9.94. The zero-order valence-electron chi connectivity index (χ0n) is 14.0. The quantitative estimate of drug-likeness (QED) is 0.730. The second-order valence-electron chi connectivity index (χ2n) is 5.72. The van der Waals surface area contributed by atoms with E-state index < -0.39 is 29.3 Å². The van der Waals surface area contributed by atoms with Crippen molar-refractivity contribution in [3.05, 3.63) is 70.1 Å². The van der Waals surface area contributed by atoms with Crippen molar-refractivity contribution in [3.8, 4) is 11.1 Å². The number of esters is 1. The van der Waals surface area contributed by atoms with E-state index >= 15 is 0 Å². The van der Waals surface area contributed by atoms with Gasteiger partial charge in [-0.1, -0.05) is 24.3 Å². The number of methoxy groups -OCH3 is 1. The van der Waals surface area contributed by atoms with E-state index in [-0.39, 0.29) is 16.8 Å². The van der Waals surface area contributed by atoms with Crippen LogP contribution in [-0.2, 0) is 16.6 Å². The first kappa shape index (κ1) is 17.8. The maximum Gasteiger partial charge on any atom is 0.340 e. The number of benzene rings is 2. The number of hydrogen-bond donors (Lipinski definition) is 1. The van der Waals surface area contributed by atoms with Gasteiger partial charge < -0.3 is 14.4 Å². The lowest BCUT2D eigenvalue weighted by Gasteiger charge is -2.20. The Morgan fingerprint density at radius 2 is 1.77 bits per heavy atom. The molecular formula is C19H15F2NO4. The molecule has 1 aromatic heterocycles. The number of pyridine rings is 1. The third-order valence-electron chi connectivity index (χ3n) is 4.24. The van der Waals surface area contributed by atoms with E-state index in [0.29, 0.717) is 10.8 Å². The predicted molar refractivity (Wildman–Crippen MR) is 91.5 cm³/mol. The Bertz CT molecular complexity index is 1080. The molecule has 0 saturated carbocycles. The fourth-order valence-corrected chi connectivity index (χ4v) is 2.98. The van der Waals surface area contributed by atoms with E-state index in [1.807, 2.05) is 0 Å². The van der Waals surface area contributed by atoms with Crippen LogP contribution in [0.15, 0.2) is 47.3 Å². The molecule has 3 aromatic rings. The van der Waals surface area contributed by atoms with Crippen LogP contribution in [0.1, 0.15) is 11.8 Å². The molecule has 0 saturated heterocycles. The molecule has 1 N–H and O–H groups in total. The number of ether oxygens (including phenoxy) is 1. The Labute approximate surface area is 147 Å². The molecule has 0 spiro atoms. The fraction of sp³-hybridized carbons (Fsp3) is 0.158. The monoisotopic (exact) mass is 359 g/mol. The molecule has 1 heterocycles. The summed E-state index contributed by atoms with van der Waals surface area (Å²) < 4.78 is 32.8. The molecule has 0 aliphatic carbocycles. The van der Waals surface area contributed by atoms with Crippen LogP contribution < -0.4 is 5.56 Å². The van der Waals surface area contributed by atoms with Crippen LogP contribution in [0, 0.1) is 11.6 Å². The highest BCUT2D eigenvalue weighted by atomic mass is 19.2. The summed E-state index contributed by atoms with van der Waals surface area (Å²) >= 11 is 0. The van der Waals surface area contributed by atoms with E-state index in [0.717, 1.165) is 23.8 Å². The molecular weight excluding hydrogens is 344 g/mol. The van der Waals surface area contributed by atoms with Crippen LogP contribution in [0.4, 0.5) is 8.78 Å². The number of carbonyl (C=O) groups is 1. The van der Waals surface area contributed by atoms with Gasteiger partial charge in [0.15, 0.2) is 17.7 Å². The van der Waals surface area contributed by atoms with Gasteiger partial charge in [-0.25, -0.2) is 13.6 Å². The molecule has 7 heteroatoms. The molecule has 0 aliphatic rings. The van der Waals surface area contributed by atoms with Gasteiger partial charge in [0.2, 0.25) is 0 Å². The molecule has 0 radical (unpaired) electrons. The van der Waals surface area contributed by atoms with E-state index in [1.54, 1.807) is 24.3 Å². The number of hydrogen-bond acceptors (Lipinski definition) is 4. The molecule has 134 valence electrons. The minimum absolute atomic E-state index is 0.0634. The predicted octanol–water partition coefficient (Wildman–Crippen LogP) is 2.69. The van der Waals surface area contributed by atoms with E-state index in [1.165, 1.54) is 13.1 Å². The number of rotatable bonds is 3. The van der Waals surface area contributed by atoms with Gasteiger partial charge >= 0.3 is 5.97 Å². The number of nitrogens with zero attached hydrogens (tertiary/aromatic N) is 1. The minimum Gasteiger partial charge on any atom is -0.467 e. The van der Waals surface area contributed by atoms with Gasteiger partial charge in [-0.15, -0.1) is 0 Å². The maximum atomic E-state index is 13.8. The van der Waals surface area contributed by atoms with Crippen molar-refractivity contribution in [2.45, 2.75) is 6.10 Å². The third kappa shape index (κ3) is 2.76. The van der Waals surface area contributed by atoms with Crippen molar-refractivity contribution in [2.24, 2.45) is 7.05 Å². The van der Waals surface area contributed by atoms with Gasteiger partial charge in [0.05, 0.1) is 12.8 Å². The number of fused-ring (bicyclic) bond motifs is 1. The molecule has 2 aromatic carbocycles. The minimum atomic E-state index is -1.77.